The number of allylic oxidation sites excluding steroid dienone is 2. The van der Waals surface area contributed by atoms with Gasteiger partial charge in [0.15, 0.2) is 5.41 Å². The van der Waals surface area contributed by atoms with Crippen molar-refractivity contribution in [2.24, 2.45) is 17.3 Å². The minimum Gasteiger partial charge on any atom is -0.468 e. The highest BCUT2D eigenvalue weighted by Gasteiger charge is 2.47. The number of hydrogen-bond donors (Lipinski definition) is 0. The van der Waals surface area contributed by atoms with E-state index < -0.39 is 17.4 Å². The molecule has 1 aliphatic rings. The molecular formula is C16H19NO4. The van der Waals surface area contributed by atoms with E-state index in [-0.39, 0.29) is 24.7 Å². The zero-order chi connectivity index (χ0) is 15.9. The van der Waals surface area contributed by atoms with Crippen molar-refractivity contribution in [2.45, 2.75) is 26.2 Å². The molecule has 0 radical (unpaired) electrons. The van der Waals surface area contributed by atoms with E-state index in [0.29, 0.717) is 0 Å². The molecule has 2 atom stereocenters. The van der Waals surface area contributed by atoms with Crippen molar-refractivity contribution < 1.29 is 19.1 Å². The Balaban J connectivity index is 2.92. The fourth-order valence-corrected chi connectivity index (χ4v) is 2.12. The standard InChI is InChI=1S/C16H19NO4/c1-4-5-8-16(14(18)20-2,15(19)21-3)9-6-7-12-10-13(12)11-17/h6-7,12-13H,8-10H2,1-3H3/b7-6+/t12-,13+/m1/s1. The number of methoxy groups -OCH3 is 2. The van der Waals surface area contributed by atoms with Crippen molar-refractivity contribution in [1.82, 2.24) is 0 Å². The third-order valence-electron chi connectivity index (χ3n) is 3.57. The minimum atomic E-state index is -1.44. The number of nitrogens with zero attached hydrogens (tertiary/aromatic N) is 1. The van der Waals surface area contributed by atoms with Crippen LogP contribution in [-0.4, -0.2) is 26.2 Å². The lowest BCUT2D eigenvalue weighted by molar-refractivity contribution is -0.168. The fourth-order valence-electron chi connectivity index (χ4n) is 2.12. The summed E-state index contributed by atoms with van der Waals surface area (Å²) < 4.78 is 9.51. The van der Waals surface area contributed by atoms with Gasteiger partial charge in [0.05, 0.1) is 26.2 Å². The number of ether oxygens (including phenoxy) is 2. The van der Waals surface area contributed by atoms with E-state index in [2.05, 4.69) is 17.9 Å². The molecule has 0 heterocycles. The lowest BCUT2D eigenvalue weighted by Gasteiger charge is -2.24. The maximum Gasteiger partial charge on any atom is 0.324 e. The van der Waals surface area contributed by atoms with Gasteiger partial charge in [-0.15, -0.1) is 11.8 Å². The highest BCUT2D eigenvalue weighted by atomic mass is 16.5. The first-order chi connectivity index (χ1) is 10.1. The second-order valence-electron chi connectivity index (χ2n) is 4.94. The Kier molecular flexibility index (Phi) is 5.99. The highest BCUT2D eigenvalue weighted by molar-refractivity contribution is 6.00. The van der Waals surface area contributed by atoms with Crippen molar-refractivity contribution in [2.75, 3.05) is 14.2 Å². The molecule has 0 aromatic rings. The van der Waals surface area contributed by atoms with Crippen molar-refractivity contribution >= 4 is 11.9 Å². The molecule has 5 nitrogen and oxygen atoms in total. The van der Waals surface area contributed by atoms with Gasteiger partial charge >= 0.3 is 11.9 Å². The number of esters is 2. The zero-order valence-corrected chi connectivity index (χ0v) is 12.5. The number of carbonyl (C=O) groups excluding carboxylic acids is 2. The number of rotatable bonds is 6. The van der Waals surface area contributed by atoms with E-state index in [1.807, 2.05) is 6.08 Å². The molecule has 0 aromatic heterocycles. The molecule has 0 bridgehead atoms. The van der Waals surface area contributed by atoms with E-state index in [9.17, 15) is 9.59 Å². The summed E-state index contributed by atoms with van der Waals surface area (Å²) in [5.41, 5.74) is -1.44. The molecule has 0 aliphatic heterocycles. The Bertz CT molecular complexity index is 517. The summed E-state index contributed by atoms with van der Waals surface area (Å²) in [7, 11) is 2.46. The normalized spacial score (nSPS) is 20.1. The smallest absolute Gasteiger partial charge is 0.324 e. The van der Waals surface area contributed by atoms with Crippen LogP contribution >= 0.6 is 0 Å². The molecule has 21 heavy (non-hydrogen) atoms. The summed E-state index contributed by atoms with van der Waals surface area (Å²) in [5.74, 6) is 4.37. The van der Waals surface area contributed by atoms with Crippen LogP contribution in [0.2, 0.25) is 0 Å². The summed E-state index contributed by atoms with van der Waals surface area (Å²) in [4.78, 5) is 24.1. The molecule has 1 fully saturated rings. The average molecular weight is 289 g/mol. The molecular weight excluding hydrogens is 270 g/mol. The lowest BCUT2D eigenvalue weighted by atomic mass is 9.81. The summed E-state index contributed by atoms with van der Waals surface area (Å²) in [5, 5.41) is 8.75. The predicted octanol–water partition coefficient (Wildman–Crippen LogP) is 1.84. The van der Waals surface area contributed by atoms with Crippen LogP contribution < -0.4 is 0 Å². The maximum atomic E-state index is 12.1. The van der Waals surface area contributed by atoms with Gasteiger partial charge in [0, 0.05) is 6.42 Å². The Hall–Kier alpha value is -2.27. The topological polar surface area (TPSA) is 76.4 Å². The molecule has 0 unspecified atom stereocenters. The number of hydrogen-bond acceptors (Lipinski definition) is 5. The van der Waals surface area contributed by atoms with E-state index >= 15 is 0 Å². The number of carbonyl (C=O) groups is 2. The third-order valence-corrected chi connectivity index (χ3v) is 3.57. The minimum absolute atomic E-state index is 0.0412. The van der Waals surface area contributed by atoms with Crippen LogP contribution in [-0.2, 0) is 19.1 Å². The van der Waals surface area contributed by atoms with Gasteiger partial charge in [-0.3, -0.25) is 9.59 Å². The van der Waals surface area contributed by atoms with Crippen LogP contribution in [0, 0.1) is 40.4 Å². The average Bonchev–Trinajstić information content (AvgIpc) is 3.27. The monoisotopic (exact) mass is 289 g/mol. The molecule has 1 aliphatic carbocycles. The molecule has 112 valence electrons. The summed E-state index contributed by atoms with van der Waals surface area (Å²) in [6.07, 6.45) is 4.63. The third kappa shape index (κ3) is 3.86. The second-order valence-corrected chi connectivity index (χ2v) is 4.94. The van der Waals surface area contributed by atoms with Crippen molar-refractivity contribution in [3.05, 3.63) is 12.2 Å². The molecule has 0 spiro atoms. The van der Waals surface area contributed by atoms with Crippen LogP contribution in [0.3, 0.4) is 0 Å². The second kappa shape index (κ2) is 7.50. The summed E-state index contributed by atoms with van der Waals surface area (Å²) >= 11 is 0. The van der Waals surface area contributed by atoms with Gasteiger partial charge in [0.1, 0.15) is 0 Å². The Labute approximate surface area is 124 Å². The molecule has 0 aromatic carbocycles. The molecule has 1 saturated carbocycles. The fraction of sp³-hybridized carbons (Fsp3) is 0.562. The van der Waals surface area contributed by atoms with E-state index in [4.69, 9.17) is 14.7 Å². The van der Waals surface area contributed by atoms with Crippen LogP contribution in [0.4, 0.5) is 0 Å². The van der Waals surface area contributed by atoms with Crippen LogP contribution in [0.5, 0.6) is 0 Å². The van der Waals surface area contributed by atoms with Gasteiger partial charge in [-0.2, -0.15) is 5.26 Å². The summed E-state index contributed by atoms with van der Waals surface area (Å²) in [6.45, 7) is 1.64. The van der Waals surface area contributed by atoms with Gasteiger partial charge < -0.3 is 9.47 Å². The molecule has 0 amide bonds. The van der Waals surface area contributed by atoms with Crippen molar-refractivity contribution in [3.8, 4) is 17.9 Å². The lowest BCUT2D eigenvalue weighted by Crippen LogP contribution is -2.40. The van der Waals surface area contributed by atoms with Crippen molar-refractivity contribution in [1.29, 1.82) is 5.26 Å². The van der Waals surface area contributed by atoms with Crippen LogP contribution in [0.15, 0.2) is 12.2 Å². The summed E-state index contributed by atoms with van der Waals surface area (Å²) in [6, 6.07) is 2.18. The van der Waals surface area contributed by atoms with Gasteiger partial charge in [-0.1, -0.05) is 12.2 Å². The molecule has 0 saturated heterocycles. The van der Waals surface area contributed by atoms with E-state index in [1.54, 1.807) is 13.0 Å². The largest absolute Gasteiger partial charge is 0.468 e. The number of nitriles is 1. The van der Waals surface area contributed by atoms with E-state index in [0.717, 1.165) is 6.42 Å². The Morgan fingerprint density at radius 1 is 1.33 bits per heavy atom. The SMILES string of the molecule is CC#CCC(C/C=C/[C@@H]1C[C@H]1C#N)(C(=O)OC)C(=O)OC. The molecule has 5 heteroatoms. The van der Waals surface area contributed by atoms with Gasteiger partial charge in [-0.25, -0.2) is 0 Å². The van der Waals surface area contributed by atoms with E-state index in [1.165, 1.54) is 14.2 Å². The maximum absolute atomic E-state index is 12.1. The quantitative estimate of drug-likeness (QED) is 0.323. The van der Waals surface area contributed by atoms with Gasteiger partial charge in [0.25, 0.3) is 0 Å². The predicted molar refractivity (Wildman–Crippen MR) is 75.5 cm³/mol. The van der Waals surface area contributed by atoms with Crippen LogP contribution in [0.25, 0.3) is 0 Å². The van der Waals surface area contributed by atoms with Crippen molar-refractivity contribution in [3.63, 3.8) is 0 Å². The molecule has 0 N–H and O–H groups in total. The molecule has 1 rings (SSSR count). The first-order valence-electron chi connectivity index (χ1n) is 6.68. The van der Waals surface area contributed by atoms with Crippen LogP contribution in [0.1, 0.15) is 26.2 Å². The van der Waals surface area contributed by atoms with Gasteiger partial charge in [0.2, 0.25) is 0 Å². The Morgan fingerprint density at radius 2 is 1.95 bits per heavy atom. The first kappa shape index (κ1) is 16.8. The van der Waals surface area contributed by atoms with Gasteiger partial charge in [-0.05, 0) is 25.7 Å². The highest BCUT2D eigenvalue weighted by Crippen LogP contribution is 2.39. The first-order valence-corrected chi connectivity index (χ1v) is 6.68. The zero-order valence-electron chi connectivity index (χ0n) is 12.5. The Morgan fingerprint density at radius 3 is 2.38 bits per heavy atom.